The normalized spacial score (nSPS) is 14.3. The number of thioether (sulfide) groups is 1. The van der Waals surface area contributed by atoms with Gasteiger partial charge in [-0.25, -0.2) is 0 Å². The first-order valence-electron chi connectivity index (χ1n) is 10.4. The molecule has 32 heavy (non-hydrogen) atoms. The molecule has 1 N–H and O–H groups in total. The number of ether oxygens (including phenoxy) is 4. The van der Waals surface area contributed by atoms with Crippen molar-refractivity contribution in [3.63, 3.8) is 0 Å². The van der Waals surface area contributed by atoms with Crippen molar-refractivity contribution < 1.29 is 18.9 Å². The average molecular weight is 455 g/mol. The van der Waals surface area contributed by atoms with E-state index in [0.29, 0.717) is 34.0 Å². The molecule has 1 atom stereocenters. The third-order valence-corrected chi connectivity index (χ3v) is 6.00. The standard InChI is InChI=1S/C23H26N4O4S/c1-5-6-13-32-23-25-22-18(26-27-23)14-9-7-8-10-16(14)24-21(31-22)15-11-12-17(28-2)20(30-4)19(15)29-3/h7-12,21,24H,5-6,13H2,1-4H3. The summed E-state index contributed by atoms with van der Waals surface area (Å²) in [6.45, 7) is 2.16. The maximum Gasteiger partial charge on any atom is 0.247 e. The number of para-hydroxylation sites is 1. The molecule has 8 nitrogen and oxygen atoms in total. The smallest absolute Gasteiger partial charge is 0.247 e. The minimum Gasteiger partial charge on any atom is -0.493 e. The van der Waals surface area contributed by atoms with Crippen LogP contribution in [0.5, 0.6) is 23.1 Å². The fraction of sp³-hybridized carbons (Fsp3) is 0.348. The Morgan fingerprint density at radius 3 is 2.56 bits per heavy atom. The number of anilines is 1. The summed E-state index contributed by atoms with van der Waals surface area (Å²) in [5.74, 6) is 2.93. The molecule has 0 aliphatic carbocycles. The van der Waals surface area contributed by atoms with E-state index in [9.17, 15) is 0 Å². The number of nitrogens with zero attached hydrogens (tertiary/aromatic N) is 3. The predicted molar refractivity (Wildman–Crippen MR) is 124 cm³/mol. The van der Waals surface area contributed by atoms with Crippen LogP contribution in [0.2, 0.25) is 0 Å². The molecule has 1 aliphatic heterocycles. The van der Waals surface area contributed by atoms with E-state index in [1.54, 1.807) is 33.1 Å². The third-order valence-electron chi connectivity index (χ3n) is 5.08. The number of hydrogen-bond donors (Lipinski definition) is 1. The highest BCUT2D eigenvalue weighted by atomic mass is 32.2. The maximum absolute atomic E-state index is 6.37. The second-order valence-corrected chi connectivity index (χ2v) is 8.12. The Morgan fingerprint density at radius 1 is 1.00 bits per heavy atom. The first kappa shape index (κ1) is 22.0. The Kier molecular flexibility index (Phi) is 6.84. The summed E-state index contributed by atoms with van der Waals surface area (Å²) in [5.41, 5.74) is 3.06. The summed E-state index contributed by atoms with van der Waals surface area (Å²) in [7, 11) is 4.75. The molecule has 2 aromatic carbocycles. The average Bonchev–Trinajstić information content (AvgIpc) is 2.99. The molecule has 0 amide bonds. The van der Waals surface area contributed by atoms with Crippen molar-refractivity contribution in [2.24, 2.45) is 0 Å². The van der Waals surface area contributed by atoms with Gasteiger partial charge in [-0.2, -0.15) is 4.98 Å². The van der Waals surface area contributed by atoms with Gasteiger partial charge in [0.05, 0.1) is 26.9 Å². The summed E-state index contributed by atoms with van der Waals surface area (Å²) in [4.78, 5) is 4.68. The predicted octanol–water partition coefficient (Wildman–Crippen LogP) is 4.96. The Labute approximate surface area is 191 Å². The van der Waals surface area contributed by atoms with Gasteiger partial charge in [0.25, 0.3) is 0 Å². The zero-order chi connectivity index (χ0) is 22.5. The van der Waals surface area contributed by atoms with Gasteiger partial charge >= 0.3 is 0 Å². The quantitative estimate of drug-likeness (QED) is 0.375. The topological polar surface area (TPSA) is 87.6 Å². The number of fused-ring (bicyclic) bond motifs is 3. The van der Waals surface area contributed by atoms with Crippen LogP contribution in [-0.4, -0.2) is 42.3 Å². The van der Waals surface area contributed by atoms with E-state index < -0.39 is 6.23 Å². The summed E-state index contributed by atoms with van der Waals surface area (Å²) in [6, 6.07) is 11.6. The second-order valence-electron chi connectivity index (χ2n) is 7.06. The van der Waals surface area contributed by atoms with Crippen molar-refractivity contribution in [1.29, 1.82) is 0 Å². The van der Waals surface area contributed by atoms with Gasteiger partial charge < -0.3 is 24.3 Å². The van der Waals surface area contributed by atoms with Crippen molar-refractivity contribution in [2.75, 3.05) is 32.4 Å². The molecular formula is C23H26N4O4S. The molecule has 0 saturated carbocycles. The van der Waals surface area contributed by atoms with Crippen LogP contribution in [0.4, 0.5) is 5.69 Å². The molecule has 1 unspecified atom stereocenters. The molecule has 0 saturated heterocycles. The molecule has 9 heteroatoms. The number of aromatic nitrogens is 3. The Bertz CT molecular complexity index is 1100. The zero-order valence-corrected chi connectivity index (χ0v) is 19.4. The largest absolute Gasteiger partial charge is 0.493 e. The highest BCUT2D eigenvalue weighted by molar-refractivity contribution is 7.99. The van der Waals surface area contributed by atoms with Crippen LogP contribution in [-0.2, 0) is 0 Å². The van der Waals surface area contributed by atoms with Crippen LogP contribution >= 0.6 is 11.8 Å². The van der Waals surface area contributed by atoms with Gasteiger partial charge in [0.2, 0.25) is 23.0 Å². The van der Waals surface area contributed by atoms with E-state index in [2.05, 4.69) is 27.4 Å². The van der Waals surface area contributed by atoms with Crippen LogP contribution < -0.4 is 24.3 Å². The lowest BCUT2D eigenvalue weighted by Gasteiger charge is -2.23. The van der Waals surface area contributed by atoms with Crippen molar-refractivity contribution in [3.8, 4) is 34.4 Å². The minimum absolute atomic E-state index is 0.415. The zero-order valence-electron chi connectivity index (χ0n) is 18.5. The Hall–Kier alpha value is -3.20. The van der Waals surface area contributed by atoms with E-state index in [1.807, 2.05) is 36.4 Å². The molecule has 1 aliphatic rings. The van der Waals surface area contributed by atoms with Crippen LogP contribution in [0.1, 0.15) is 31.6 Å². The molecule has 168 valence electrons. The van der Waals surface area contributed by atoms with Gasteiger partial charge in [-0.3, -0.25) is 0 Å². The van der Waals surface area contributed by atoms with Gasteiger partial charge in [-0.15, -0.1) is 10.2 Å². The van der Waals surface area contributed by atoms with E-state index in [0.717, 1.165) is 35.4 Å². The van der Waals surface area contributed by atoms with Crippen LogP contribution in [0, 0.1) is 0 Å². The lowest BCUT2D eigenvalue weighted by molar-refractivity contribution is 0.217. The minimum atomic E-state index is -0.600. The Balaban J connectivity index is 1.80. The van der Waals surface area contributed by atoms with E-state index in [-0.39, 0.29) is 0 Å². The SMILES string of the molecule is CCCCSc1nnc2c(n1)OC(c1ccc(OC)c(OC)c1OC)Nc1ccccc1-2. The fourth-order valence-corrected chi connectivity index (χ4v) is 4.35. The molecule has 1 aromatic heterocycles. The third kappa shape index (κ3) is 4.25. The molecular weight excluding hydrogens is 428 g/mol. The van der Waals surface area contributed by atoms with Gasteiger partial charge in [0.15, 0.2) is 17.2 Å². The van der Waals surface area contributed by atoms with Gasteiger partial charge in [0, 0.05) is 17.0 Å². The Morgan fingerprint density at radius 2 is 1.81 bits per heavy atom. The highest BCUT2D eigenvalue weighted by Gasteiger charge is 2.30. The number of hydrogen-bond acceptors (Lipinski definition) is 9. The fourth-order valence-electron chi connectivity index (χ4n) is 3.49. The number of rotatable bonds is 8. The molecule has 4 rings (SSSR count). The first-order chi connectivity index (χ1) is 15.7. The van der Waals surface area contributed by atoms with E-state index in [1.165, 1.54) is 0 Å². The second kappa shape index (κ2) is 9.95. The van der Waals surface area contributed by atoms with Crippen molar-refractivity contribution in [1.82, 2.24) is 15.2 Å². The first-order valence-corrected chi connectivity index (χ1v) is 11.4. The number of nitrogens with one attached hydrogen (secondary N) is 1. The van der Waals surface area contributed by atoms with Crippen molar-refractivity contribution in [2.45, 2.75) is 31.1 Å². The van der Waals surface area contributed by atoms with Gasteiger partial charge in [-0.1, -0.05) is 43.3 Å². The van der Waals surface area contributed by atoms with Crippen molar-refractivity contribution >= 4 is 17.4 Å². The summed E-state index contributed by atoms with van der Waals surface area (Å²) >= 11 is 1.58. The van der Waals surface area contributed by atoms with Gasteiger partial charge in [0.1, 0.15) is 0 Å². The van der Waals surface area contributed by atoms with Crippen LogP contribution in [0.3, 0.4) is 0 Å². The highest BCUT2D eigenvalue weighted by Crippen LogP contribution is 2.46. The molecule has 0 bridgehead atoms. The summed E-state index contributed by atoms with van der Waals surface area (Å²) in [6.07, 6.45) is 1.60. The number of benzene rings is 2. The lowest BCUT2D eigenvalue weighted by atomic mass is 10.1. The molecule has 0 fully saturated rings. The number of methoxy groups -OCH3 is 3. The summed E-state index contributed by atoms with van der Waals surface area (Å²) < 4.78 is 23.0. The van der Waals surface area contributed by atoms with E-state index >= 15 is 0 Å². The molecule has 0 radical (unpaired) electrons. The lowest BCUT2D eigenvalue weighted by Crippen LogP contribution is -2.18. The van der Waals surface area contributed by atoms with Gasteiger partial charge in [-0.05, 0) is 24.6 Å². The van der Waals surface area contributed by atoms with Crippen molar-refractivity contribution in [3.05, 3.63) is 42.0 Å². The molecule has 0 spiro atoms. The summed E-state index contributed by atoms with van der Waals surface area (Å²) in [5, 5.41) is 12.8. The van der Waals surface area contributed by atoms with Crippen LogP contribution in [0.15, 0.2) is 41.6 Å². The number of unbranched alkanes of at least 4 members (excludes halogenated alkanes) is 1. The molecule has 2 heterocycles. The molecule has 3 aromatic rings. The van der Waals surface area contributed by atoms with E-state index in [4.69, 9.17) is 18.9 Å². The van der Waals surface area contributed by atoms with Crippen LogP contribution in [0.25, 0.3) is 11.3 Å². The monoisotopic (exact) mass is 454 g/mol. The maximum atomic E-state index is 6.37.